The maximum absolute atomic E-state index is 13.6. The lowest BCUT2D eigenvalue weighted by atomic mass is 9.93. The van der Waals surface area contributed by atoms with Crippen LogP contribution >= 0.6 is 0 Å². The van der Waals surface area contributed by atoms with Crippen LogP contribution in [0.5, 0.6) is 5.88 Å². The lowest BCUT2D eigenvalue weighted by Gasteiger charge is -2.39. The third-order valence-corrected chi connectivity index (χ3v) is 7.45. The molecule has 1 amide bonds. The molecule has 254 valence electrons. The molecule has 2 N–H and O–H groups in total. The lowest BCUT2D eigenvalue weighted by molar-refractivity contribution is -0.149. The number of hydrogen-bond acceptors (Lipinski definition) is 9. The van der Waals surface area contributed by atoms with Crippen LogP contribution < -0.4 is 15.0 Å². The Hall–Kier alpha value is -4.67. The van der Waals surface area contributed by atoms with Crippen molar-refractivity contribution in [1.82, 2.24) is 15.0 Å². The number of anilines is 2. The zero-order valence-electron chi connectivity index (χ0n) is 25.6. The maximum Gasteiger partial charge on any atom is 0.416 e. The van der Waals surface area contributed by atoms with E-state index in [0.29, 0.717) is 29.9 Å². The number of amides is 1. The standard InChI is InChI=1S/C30H31F6N5O6/c1-5-18-13-21(24-22(7-8-23(40-24)45-3)41(18)28(44)47-6-2)39-27-37-14-19(25(46-4)26(42)43)20(38-27)11-15-9-16(29(31,32)33)12-17(10-15)30(34,35)36/h7-10,12,14,18,21,25H,5-6,11,13H2,1-4H3,(H,42,43)(H,37,38,39)/t18-,21+,25?/m1/s1. The number of carboxylic acids is 1. The molecule has 11 nitrogen and oxygen atoms in total. The van der Waals surface area contributed by atoms with Gasteiger partial charge >= 0.3 is 24.4 Å². The van der Waals surface area contributed by atoms with Crippen LogP contribution in [0, 0.1) is 0 Å². The van der Waals surface area contributed by atoms with Gasteiger partial charge in [0.15, 0.2) is 6.10 Å². The van der Waals surface area contributed by atoms with Gasteiger partial charge in [0.1, 0.15) is 0 Å². The fourth-order valence-corrected chi connectivity index (χ4v) is 5.31. The highest BCUT2D eigenvalue weighted by Gasteiger charge is 2.39. The van der Waals surface area contributed by atoms with E-state index < -0.39 is 59.7 Å². The van der Waals surface area contributed by atoms with Crippen molar-refractivity contribution in [1.29, 1.82) is 0 Å². The topological polar surface area (TPSA) is 136 Å². The number of carbonyl (C=O) groups excluding carboxylic acids is 1. The first kappa shape index (κ1) is 35.2. The second-order valence-electron chi connectivity index (χ2n) is 10.5. The first-order valence-corrected chi connectivity index (χ1v) is 14.3. The molecule has 0 fully saturated rings. The van der Waals surface area contributed by atoms with Gasteiger partial charge in [0.25, 0.3) is 0 Å². The molecule has 17 heteroatoms. The van der Waals surface area contributed by atoms with Crippen molar-refractivity contribution >= 4 is 23.7 Å². The molecule has 3 aromatic rings. The van der Waals surface area contributed by atoms with Gasteiger partial charge < -0.3 is 24.6 Å². The van der Waals surface area contributed by atoms with Crippen LogP contribution in [0.1, 0.15) is 72.5 Å². The minimum Gasteiger partial charge on any atom is -0.481 e. The maximum atomic E-state index is 13.6. The number of benzene rings is 1. The highest BCUT2D eigenvalue weighted by atomic mass is 19.4. The summed E-state index contributed by atoms with van der Waals surface area (Å²) in [6.45, 7) is 3.66. The number of nitrogens with one attached hydrogen (secondary N) is 1. The molecule has 2 aromatic heterocycles. The zero-order valence-corrected chi connectivity index (χ0v) is 25.6. The number of nitrogens with zero attached hydrogens (tertiary/aromatic N) is 4. The van der Waals surface area contributed by atoms with Gasteiger partial charge in [-0.1, -0.05) is 6.92 Å². The summed E-state index contributed by atoms with van der Waals surface area (Å²) in [6.07, 6.45) is -11.3. The number of methoxy groups -OCH3 is 2. The Morgan fingerprint density at radius 1 is 1.04 bits per heavy atom. The first-order chi connectivity index (χ1) is 22.1. The summed E-state index contributed by atoms with van der Waals surface area (Å²) in [5, 5.41) is 12.8. The van der Waals surface area contributed by atoms with E-state index in [1.54, 1.807) is 19.1 Å². The number of carbonyl (C=O) groups is 2. The smallest absolute Gasteiger partial charge is 0.416 e. The molecule has 0 bridgehead atoms. The van der Waals surface area contributed by atoms with Gasteiger partial charge in [-0.25, -0.2) is 24.5 Å². The number of aromatic nitrogens is 3. The van der Waals surface area contributed by atoms with Crippen molar-refractivity contribution < 1.29 is 55.2 Å². The fourth-order valence-electron chi connectivity index (χ4n) is 5.31. The van der Waals surface area contributed by atoms with Crippen LogP contribution in [0.25, 0.3) is 0 Å². The van der Waals surface area contributed by atoms with Crippen molar-refractivity contribution in [2.24, 2.45) is 0 Å². The molecule has 3 heterocycles. The average Bonchev–Trinajstić information content (AvgIpc) is 3.00. The van der Waals surface area contributed by atoms with Crippen molar-refractivity contribution in [2.45, 2.75) is 63.7 Å². The predicted octanol–water partition coefficient (Wildman–Crippen LogP) is 6.58. The van der Waals surface area contributed by atoms with Crippen molar-refractivity contribution in [3.8, 4) is 5.88 Å². The number of fused-ring (bicyclic) bond motifs is 1. The van der Waals surface area contributed by atoms with Crippen molar-refractivity contribution in [3.05, 3.63) is 70.2 Å². The minimum absolute atomic E-state index is 0.00188. The van der Waals surface area contributed by atoms with E-state index in [-0.39, 0.29) is 48.2 Å². The summed E-state index contributed by atoms with van der Waals surface area (Å²) < 4.78 is 97.0. The Labute approximate surface area is 264 Å². The van der Waals surface area contributed by atoms with Gasteiger partial charge in [0.2, 0.25) is 11.8 Å². The number of alkyl halides is 6. The SMILES string of the molecule is CCOC(=O)N1c2ccc(OC)nc2[C@@H](Nc2ncc(C(OC)C(=O)O)c(Cc3cc(C(F)(F)F)cc(C(F)(F)F)c3)n2)C[C@H]1CC. The molecule has 1 aromatic carbocycles. The fraction of sp³-hybridized carbons (Fsp3) is 0.433. The van der Waals surface area contributed by atoms with Crippen LogP contribution in [-0.4, -0.2) is 59.0 Å². The molecule has 1 aliphatic heterocycles. The van der Waals surface area contributed by atoms with E-state index in [1.807, 2.05) is 6.92 Å². The van der Waals surface area contributed by atoms with Crippen LogP contribution in [0.4, 0.5) is 42.8 Å². The molecular formula is C30H31F6N5O6. The van der Waals surface area contributed by atoms with Gasteiger partial charge in [-0.2, -0.15) is 26.3 Å². The Balaban J connectivity index is 1.81. The number of rotatable bonds is 10. The molecule has 1 unspecified atom stereocenters. The number of hydrogen-bond donors (Lipinski definition) is 2. The first-order valence-electron chi connectivity index (χ1n) is 14.3. The summed E-state index contributed by atoms with van der Waals surface area (Å²) >= 11 is 0. The summed E-state index contributed by atoms with van der Waals surface area (Å²) in [5.74, 6) is -1.40. The molecule has 1 aliphatic rings. The quantitative estimate of drug-likeness (QED) is 0.228. The molecule has 3 atom stereocenters. The van der Waals surface area contributed by atoms with Gasteiger partial charge in [-0.15, -0.1) is 0 Å². The largest absolute Gasteiger partial charge is 0.481 e. The normalized spacial score (nSPS) is 17.1. The number of carboxylic acid groups (broad SMARTS) is 1. The lowest BCUT2D eigenvalue weighted by Crippen LogP contribution is -2.46. The van der Waals surface area contributed by atoms with E-state index in [1.165, 1.54) is 12.0 Å². The van der Waals surface area contributed by atoms with E-state index in [0.717, 1.165) is 13.3 Å². The minimum atomic E-state index is -5.09. The highest BCUT2D eigenvalue weighted by molar-refractivity contribution is 5.90. The molecule has 47 heavy (non-hydrogen) atoms. The molecule has 0 saturated heterocycles. The van der Waals surface area contributed by atoms with Gasteiger partial charge in [-0.05, 0) is 49.6 Å². The average molecular weight is 672 g/mol. The van der Waals surface area contributed by atoms with E-state index in [9.17, 15) is 41.0 Å². The summed E-state index contributed by atoms with van der Waals surface area (Å²) in [4.78, 5) is 39.4. The highest BCUT2D eigenvalue weighted by Crippen LogP contribution is 2.41. The zero-order chi connectivity index (χ0) is 34.7. The number of ether oxygens (including phenoxy) is 3. The molecular weight excluding hydrogens is 640 g/mol. The molecule has 0 radical (unpaired) electrons. The van der Waals surface area contributed by atoms with Crippen LogP contribution in [-0.2, 0) is 33.0 Å². The van der Waals surface area contributed by atoms with Gasteiger partial charge in [0.05, 0.1) is 48.0 Å². The Morgan fingerprint density at radius 3 is 2.23 bits per heavy atom. The van der Waals surface area contributed by atoms with Crippen molar-refractivity contribution in [2.75, 3.05) is 31.0 Å². The third-order valence-electron chi connectivity index (χ3n) is 7.45. The molecule has 0 spiro atoms. The molecule has 0 aliphatic carbocycles. The van der Waals surface area contributed by atoms with Crippen LogP contribution in [0.15, 0.2) is 36.5 Å². The summed E-state index contributed by atoms with van der Waals surface area (Å²) in [6, 6.07) is 3.22. The second kappa shape index (κ2) is 14.0. The second-order valence-corrected chi connectivity index (χ2v) is 10.5. The van der Waals surface area contributed by atoms with E-state index >= 15 is 0 Å². The van der Waals surface area contributed by atoms with Gasteiger partial charge in [0, 0.05) is 37.4 Å². The van der Waals surface area contributed by atoms with Crippen molar-refractivity contribution in [3.63, 3.8) is 0 Å². The van der Waals surface area contributed by atoms with E-state index in [4.69, 9.17) is 14.2 Å². The summed E-state index contributed by atoms with van der Waals surface area (Å²) in [5.41, 5.74) is -3.11. The number of halogens is 6. The summed E-state index contributed by atoms with van der Waals surface area (Å²) in [7, 11) is 2.47. The predicted molar refractivity (Wildman–Crippen MR) is 154 cm³/mol. The Bertz CT molecular complexity index is 1590. The van der Waals surface area contributed by atoms with Gasteiger partial charge in [-0.3, -0.25) is 4.90 Å². The number of pyridine rings is 1. The Morgan fingerprint density at radius 2 is 1.70 bits per heavy atom. The third kappa shape index (κ3) is 7.84. The monoisotopic (exact) mass is 671 g/mol. The van der Waals surface area contributed by atoms with Crippen LogP contribution in [0.3, 0.4) is 0 Å². The molecule has 4 rings (SSSR count). The Kier molecular flexibility index (Phi) is 10.5. The van der Waals surface area contributed by atoms with E-state index in [2.05, 4.69) is 20.3 Å². The number of aliphatic carboxylic acids is 1. The van der Waals surface area contributed by atoms with Crippen LogP contribution in [0.2, 0.25) is 0 Å². The molecule has 0 saturated carbocycles.